The Morgan fingerprint density at radius 1 is 1.29 bits per heavy atom. The Morgan fingerprint density at radius 3 is 2.57 bits per heavy atom. The highest BCUT2D eigenvalue weighted by Crippen LogP contribution is 2.41. The van der Waals surface area contributed by atoms with Crippen molar-refractivity contribution >= 4 is 17.6 Å². The molecule has 10 heteroatoms. The van der Waals surface area contributed by atoms with E-state index < -0.39 is 30.0 Å². The highest BCUT2D eigenvalue weighted by atomic mass is 19.4. The summed E-state index contributed by atoms with van der Waals surface area (Å²) < 4.78 is 50.8. The maximum absolute atomic E-state index is 13.2. The van der Waals surface area contributed by atoms with Crippen LogP contribution in [0.25, 0.3) is 0 Å². The van der Waals surface area contributed by atoms with Gasteiger partial charge in [0.2, 0.25) is 0 Å². The minimum absolute atomic E-state index is 0.0179. The molecule has 2 heterocycles. The number of phenolic OH excluding ortho intramolecular Hbond substituents is 1. The van der Waals surface area contributed by atoms with Crippen LogP contribution in [0.1, 0.15) is 69.1 Å². The van der Waals surface area contributed by atoms with Crippen molar-refractivity contribution < 1.29 is 32.2 Å². The first-order valence-corrected chi connectivity index (χ1v) is 12.1. The molecule has 1 aliphatic heterocycles. The summed E-state index contributed by atoms with van der Waals surface area (Å²) >= 11 is 0. The van der Waals surface area contributed by atoms with Crippen LogP contribution >= 0.6 is 0 Å². The van der Waals surface area contributed by atoms with Crippen LogP contribution in [0.15, 0.2) is 22.6 Å². The number of aromatic nitrogens is 1. The molecule has 1 aromatic heterocycles. The zero-order valence-corrected chi connectivity index (χ0v) is 20.2. The fraction of sp³-hybridized carbons (Fsp3) is 0.600. The van der Waals surface area contributed by atoms with Crippen molar-refractivity contribution in [3.8, 4) is 11.5 Å². The monoisotopic (exact) mass is 495 g/mol. The van der Waals surface area contributed by atoms with Crippen LogP contribution in [0.4, 0.5) is 24.9 Å². The summed E-state index contributed by atoms with van der Waals surface area (Å²) in [5, 5.41) is 12.9. The molecule has 35 heavy (non-hydrogen) atoms. The highest BCUT2D eigenvalue weighted by molar-refractivity contribution is 6.04. The molecule has 1 unspecified atom stereocenters. The van der Waals surface area contributed by atoms with Gasteiger partial charge >= 0.3 is 6.18 Å². The molecule has 1 saturated heterocycles. The third-order valence-electron chi connectivity index (χ3n) is 7.24. The number of hydrogen-bond acceptors (Lipinski definition) is 6. The van der Waals surface area contributed by atoms with Gasteiger partial charge in [-0.15, -0.1) is 0 Å². The minimum Gasteiger partial charge on any atom is -0.504 e. The number of phenols is 1. The van der Waals surface area contributed by atoms with Gasteiger partial charge in [-0.05, 0) is 50.2 Å². The lowest BCUT2D eigenvalue weighted by Crippen LogP contribution is -2.56. The standard InChI is InChI=1S/C25H32F3N3O4/c1-4-24(5-2)13-31(14-24)23-30-21(20(35-23)12-25(26,27)28)22(33)29-16-7-9-19(18(32)11-16)34-17-8-6-15(3)10-17/h7,9,11,15,17,32H,4-6,8,10,12-14H2,1-3H3,(H,29,33)/t15?,17-/m1/s1. The Morgan fingerprint density at radius 2 is 2.00 bits per heavy atom. The second-order valence-electron chi connectivity index (χ2n) is 9.92. The van der Waals surface area contributed by atoms with Gasteiger partial charge in [0.05, 0.1) is 6.10 Å². The van der Waals surface area contributed by atoms with Crippen LogP contribution in [-0.4, -0.2) is 41.4 Å². The number of hydrogen-bond donors (Lipinski definition) is 2. The van der Waals surface area contributed by atoms with Crippen LogP contribution < -0.4 is 15.0 Å². The van der Waals surface area contributed by atoms with E-state index in [-0.39, 0.29) is 29.0 Å². The Bertz CT molecular complexity index is 1060. The summed E-state index contributed by atoms with van der Waals surface area (Å²) in [7, 11) is 0. The van der Waals surface area contributed by atoms with Crippen LogP contribution in [0.5, 0.6) is 11.5 Å². The first-order valence-electron chi connectivity index (χ1n) is 12.1. The van der Waals surface area contributed by atoms with Crippen molar-refractivity contribution in [3.63, 3.8) is 0 Å². The average molecular weight is 496 g/mol. The Labute approximate surface area is 202 Å². The molecular weight excluding hydrogens is 463 g/mol. The molecular formula is C25H32F3N3O4. The van der Waals surface area contributed by atoms with E-state index in [4.69, 9.17) is 9.15 Å². The summed E-state index contributed by atoms with van der Waals surface area (Å²) in [5.74, 6) is -0.660. The molecule has 4 rings (SSSR count). The summed E-state index contributed by atoms with van der Waals surface area (Å²) in [6.07, 6.45) is -1.19. The number of amides is 1. The van der Waals surface area contributed by atoms with Gasteiger partial charge in [-0.3, -0.25) is 4.79 Å². The molecule has 1 aliphatic carbocycles. The number of anilines is 2. The van der Waals surface area contributed by atoms with E-state index in [1.807, 2.05) is 0 Å². The number of halogens is 3. The molecule has 2 aliphatic rings. The third-order valence-corrected chi connectivity index (χ3v) is 7.24. The van der Waals surface area contributed by atoms with E-state index in [1.54, 1.807) is 4.90 Å². The predicted molar refractivity (Wildman–Crippen MR) is 125 cm³/mol. The number of benzene rings is 1. The smallest absolute Gasteiger partial charge is 0.396 e. The molecule has 2 atom stereocenters. The Balaban J connectivity index is 1.49. The van der Waals surface area contributed by atoms with Gasteiger partial charge in [-0.1, -0.05) is 20.8 Å². The second-order valence-corrected chi connectivity index (χ2v) is 9.92. The lowest BCUT2D eigenvalue weighted by atomic mass is 9.75. The van der Waals surface area contributed by atoms with Crippen LogP contribution in [0.3, 0.4) is 0 Å². The zero-order valence-electron chi connectivity index (χ0n) is 20.2. The third kappa shape index (κ3) is 5.67. The SMILES string of the molecule is CCC1(CC)CN(c2nc(C(=O)Nc3ccc(O[C@@H]4CCC(C)C4)c(O)c3)c(CC(F)(F)F)o2)C1. The number of rotatable bonds is 8. The van der Waals surface area contributed by atoms with Crippen LogP contribution in [-0.2, 0) is 6.42 Å². The number of carbonyl (C=O) groups is 1. The first-order chi connectivity index (χ1) is 16.5. The topological polar surface area (TPSA) is 87.8 Å². The molecule has 1 saturated carbocycles. The Kier molecular flexibility index (Phi) is 6.92. The van der Waals surface area contributed by atoms with Crippen molar-refractivity contribution in [2.45, 2.75) is 71.6 Å². The zero-order chi connectivity index (χ0) is 25.4. The second kappa shape index (κ2) is 9.62. The van der Waals surface area contributed by atoms with E-state index >= 15 is 0 Å². The van der Waals surface area contributed by atoms with Gasteiger partial charge in [-0.2, -0.15) is 18.2 Å². The highest BCUT2D eigenvalue weighted by Gasteiger charge is 2.43. The largest absolute Gasteiger partial charge is 0.504 e. The molecule has 0 spiro atoms. The maximum Gasteiger partial charge on any atom is 0.396 e. The lowest BCUT2D eigenvalue weighted by Gasteiger charge is -2.49. The number of oxazole rings is 1. The van der Waals surface area contributed by atoms with Gasteiger partial charge in [0.15, 0.2) is 17.2 Å². The molecule has 0 radical (unpaired) electrons. The molecule has 2 aromatic rings. The van der Waals surface area contributed by atoms with Gasteiger partial charge in [0, 0.05) is 30.3 Å². The van der Waals surface area contributed by atoms with Crippen molar-refractivity contribution in [2.24, 2.45) is 11.3 Å². The summed E-state index contributed by atoms with van der Waals surface area (Å²) in [6, 6.07) is 4.39. The number of nitrogens with one attached hydrogen (secondary N) is 1. The number of aromatic hydroxyl groups is 1. The van der Waals surface area contributed by atoms with E-state index in [2.05, 4.69) is 31.1 Å². The molecule has 192 valence electrons. The van der Waals surface area contributed by atoms with E-state index in [1.165, 1.54) is 18.2 Å². The van der Waals surface area contributed by atoms with Gasteiger partial charge in [0.25, 0.3) is 11.9 Å². The van der Waals surface area contributed by atoms with Gasteiger partial charge < -0.3 is 24.5 Å². The van der Waals surface area contributed by atoms with Crippen LogP contribution in [0.2, 0.25) is 0 Å². The van der Waals surface area contributed by atoms with Crippen molar-refractivity contribution in [1.29, 1.82) is 0 Å². The average Bonchev–Trinajstić information content (AvgIpc) is 3.35. The van der Waals surface area contributed by atoms with E-state index in [0.29, 0.717) is 24.8 Å². The maximum atomic E-state index is 13.2. The molecule has 1 amide bonds. The molecule has 2 N–H and O–H groups in total. The number of carbonyl (C=O) groups excluding carboxylic acids is 1. The summed E-state index contributed by atoms with van der Waals surface area (Å²) in [4.78, 5) is 18.8. The predicted octanol–water partition coefficient (Wildman–Crippen LogP) is 5.93. The molecule has 7 nitrogen and oxygen atoms in total. The molecule has 0 bridgehead atoms. The van der Waals surface area contributed by atoms with Gasteiger partial charge in [-0.25, -0.2) is 0 Å². The summed E-state index contributed by atoms with van der Waals surface area (Å²) in [5.41, 5.74) is -0.122. The van der Waals surface area contributed by atoms with Crippen molar-refractivity contribution in [1.82, 2.24) is 4.98 Å². The van der Waals surface area contributed by atoms with Crippen molar-refractivity contribution in [2.75, 3.05) is 23.3 Å². The number of nitrogens with zero attached hydrogens (tertiary/aromatic N) is 2. The van der Waals surface area contributed by atoms with Gasteiger partial charge in [0.1, 0.15) is 12.2 Å². The lowest BCUT2D eigenvalue weighted by molar-refractivity contribution is -0.130. The Hall–Kier alpha value is -2.91. The summed E-state index contributed by atoms with van der Waals surface area (Å²) in [6.45, 7) is 7.52. The van der Waals surface area contributed by atoms with E-state index in [0.717, 1.165) is 32.1 Å². The fourth-order valence-corrected chi connectivity index (χ4v) is 4.88. The van der Waals surface area contributed by atoms with Crippen molar-refractivity contribution in [3.05, 3.63) is 29.7 Å². The number of alkyl halides is 3. The minimum atomic E-state index is -4.56. The van der Waals surface area contributed by atoms with Crippen LogP contribution in [0, 0.1) is 11.3 Å². The fourth-order valence-electron chi connectivity index (χ4n) is 4.88. The molecule has 1 aromatic carbocycles. The van der Waals surface area contributed by atoms with E-state index in [9.17, 15) is 23.1 Å². The molecule has 2 fully saturated rings. The quantitative estimate of drug-likeness (QED) is 0.472. The first kappa shape index (κ1) is 25.2. The normalized spacial score (nSPS) is 21.6. The number of ether oxygens (including phenoxy) is 1.